The highest BCUT2D eigenvalue weighted by atomic mass is 16.2. The first-order valence-corrected chi connectivity index (χ1v) is 8.00. The average Bonchev–Trinajstić information content (AvgIpc) is 3.02. The third-order valence-corrected chi connectivity index (χ3v) is 5.36. The van der Waals surface area contributed by atoms with Crippen molar-refractivity contribution in [2.45, 2.75) is 38.6 Å². The van der Waals surface area contributed by atoms with Crippen molar-refractivity contribution in [3.63, 3.8) is 0 Å². The summed E-state index contributed by atoms with van der Waals surface area (Å²) >= 11 is 0. The number of rotatable bonds is 4. The largest absolute Gasteiger partial charge is 0.355 e. The number of piperazine rings is 1. The van der Waals surface area contributed by atoms with Crippen LogP contribution >= 0.6 is 0 Å². The van der Waals surface area contributed by atoms with Gasteiger partial charge >= 0.3 is 0 Å². The Balaban J connectivity index is 1.59. The van der Waals surface area contributed by atoms with Gasteiger partial charge in [0.2, 0.25) is 5.91 Å². The predicted octanol–water partition coefficient (Wildman–Crippen LogP) is 0.833. The van der Waals surface area contributed by atoms with Crippen LogP contribution in [-0.2, 0) is 4.79 Å². The molecule has 0 aromatic rings. The maximum Gasteiger partial charge on any atom is 0.238 e. The quantitative estimate of drug-likeness (QED) is 0.791. The van der Waals surface area contributed by atoms with Crippen LogP contribution in [0.25, 0.3) is 0 Å². The Morgan fingerprint density at radius 2 is 2.26 bits per heavy atom. The molecule has 0 radical (unpaired) electrons. The van der Waals surface area contributed by atoms with Crippen LogP contribution < -0.4 is 10.6 Å². The van der Waals surface area contributed by atoms with Crippen molar-refractivity contribution in [1.29, 1.82) is 0 Å². The van der Waals surface area contributed by atoms with E-state index in [4.69, 9.17) is 0 Å². The van der Waals surface area contributed by atoms with Crippen LogP contribution in [0.5, 0.6) is 0 Å². The molecule has 0 aromatic heterocycles. The fourth-order valence-corrected chi connectivity index (χ4v) is 4.42. The molecule has 2 N–H and O–H groups in total. The molecule has 1 heterocycles. The topological polar surface area (TPSA) is 44.4 Å². The van der Waals surface area contributed by atoms with E-state index < -0.39 is 0 Å². The van der Waals surface area contributed by atoms with Gasteiger partial charge in [-0.15, -0.1) is 0 Å². The van der Waals surface area contributed by atoms with Crippen LogP contribution in [0.2, 0.25) is 0 Å². The van der Waals surface area contributed by atoms with Gasteiger partial charge in [-0.25, -0.2) is 0 Å². The van der Waals surface area contributed by atoms with Crippen molar-refractivity contribution in [2.24, 2.45) is 17.8 Å². The van der Waals surface area contributed by atoms with Gasteiger partial charge in [-0.05, 0) is 43.9 Å². The summed E-state index contributed by atoms with van der Waals surface area (Å²) in [5, 5.41) is 6.34. The molecule has 108 valence electrons. The van der Waals surface area contributed by atoms with Gasteiger partial charge in [-0.3, -0.25) is 9.69 Å². The van der Waals surface area contributed by atoms with E-state index in [1.54, 1.807) is 0 Å². The van der Waals surface area contributed by atoms with E-state index in [0.29, 0.717) is 0 Å². The lowest BCUT2D eigenvalue weighted by Crippen LogP contribution is -2.58. The molecule has 2 saturated carbocycles. The van der Waals surface area contributed by atoms with E-state index in [0.717, 1.165) is 50.5 Å². The highest BCUT2D eigenvalue weighted by Crippen LogP contribution is 2.48. The Bertz CT molecular complexity index is 333. The lowest BCUT2D eigenvalue weighted by Gasteiger charge is -2.38. The van der Waals surface area contributed by atoms with Gasteiger partial charge in [-0.1, -0.05) is 6.42 Å². The highest BCUT2D eigenvalue weighted by Gasteiger charge is 2.41. The Hall–Kier alpha value is -0.610. The number of amides is 1. The van der Waals surface area contributed by atoms with Crippen molar-refractivity contribution in [1.82, 2.24) is 15.5 Å². The Morgan fingerprint density at radius 3 is 2.95 bits per heavy atom. The second-order valence-electron chi connectivity index (χ2n) is 6.54. The minimum Gasteiger partial charge on any atom is -0.355 e. The summed E-state index contributed by atoms with van der Waals surface area (Å²) in [7, 11) is 0. The molecular weight excluding hydrogens is 238 g/mol. The summed E-state index contributed by atoms with van der Waals surface area (Å²) < 4.78 is 0. The first-order valence-electron chi connectivity index (χ1n) is 8.00. The first-order chi connectivity index (χ1) is 9.28. The van der Waals surface area contributed by atoms with Crippen LogP contribution in [0.3, 0.4) is 0 Å². The molecule has 3 fully saturated rings. The van der Waals surface area contributed by atoms with Crippen molar-refractivity contribution in [3.8, 4) is 0 Å². The third-order valence-electron chi connectivity index (χ3n) is 5.36. The van der Waals surface area contributed by atoms with Crippen molar-refractivity contribution in [2.75, 3.05) is 32.7 Å². The number of carbonyl (C=O) groups is 1. The monoisotopic (exact) mass is 265 g/mol. The lowest BCUT2D eigenvalue weighted by atomic mass is 9.88. The van der Waals surface area contributed by atoms with Crippen LogP contribution in [0.15, 0.2) is 0 Å². The second kappa shape index (κ2) is 5.80. The van der Waals surface area contributed by atoms with E-state index in [9.17, 15) is 4.79 Å². The number of nitrogens with one attached hydrogen (secondary N) is 2. The van der Waals surface area contributed by atoms with E-state index >= 15 is 0 Å². The lowest BCUT2D eigenvalue weighted by molar-refractivity contribution is -0.127. The normalized spacial score (nSPS) is 38.6. The molecule has 4 unspecified atom stereocenters. The zero-order chi connectivity index (χ0) is 13.2. The van der Waals surface area contributed by atoms with Crippen molar-refractivity contribution in [3.05, 3.63) is 0 Å². The minimum atomic E-state index is 0.0489. The predicted molar refractivity (Wildman–Crippen MR) is 75.9 cm³/mol. The molecule has 2 aliphatic carbocycles. The Morgan fingerprint density at radius 1 is 1.37 bits per heavy atom. The zero-order valence-corrected chi connectivity index (χ0v) is 12.0. The number of likely N-dealkylation sites (N-methyl/N-ethyl adjacent to an activating group) is 1. The van der Waals surface area contributed by atoms with Gasteiger partial charge in [0.25, 0.3) is 0 Å². The molecule has 3 aliphatic rings. The minimum absolute atomic E-state index is 0.0489. The van der Waals surface area contributed by atoms with E-state index in [-0.39, 0.29) is 11.9 Å². The molecule has 4 heteroatoms. The van der Waals surface area contributed by atoms with Crippen molar-refractivity contribution >= 4 is 5.91 Å². The molecule has 3 rings (SSSR count). The van der Waals surface area contributed by atoms with E-state index in [2.05, 4.69) is 15.5 Å². The van der Waals surface area contributed by atoms with Crippen LogP contribution in [0.1, 0.15) is 32.6 Å². The number of fused-ring (bicyclic) bond motifs is 2. The molecular formula is C15H27N3O. The van der Waals surface area contributed by atoms with Gasteiger partial charge in [0.05, 0.1) is 0 Å². The van der Waals surface area contributed by atoms with Gasteiger partial charge in [-0.2, -0.15) is 0 Å². The Labute approximate surface area is 116 Å². The molecule has 4 atom stereocenters. The van der Waals surface area contributed by atoms with Crippen LogP contribution in [-0.4, -0.2) is 49.6 Å². The second-order valence-corrected chi connectivity index (χ2v) is 6.54. The van der Waals surface area contributed by atoms with Gasteiger partial charge < -0.3 is 10.6 Å². The molecule has 4 nitrogen and oxygen atoms in total. The number of carbonyl (C=O) groups excluding carboxylic acids is 1. The molecule has 1 aliphatic heterocycles. The van der Waals surface area contributed by atoms with Gasteiger partial charge in [0, 0.05) is 32.7 Å². The molecule has 1 saturated heterocycles. The van der Waals surface area contributed by atoms with Crippen molar-refractivity contribution < 1.29 is 4.79 Å². The molecule has 19 heavy (non-hydrogen) atoms. The van der Waals surface area contributed by atoms with E-state index in [1.807, 2.05) is 6.92 Å². The average molecular weight is 265 g/mol. The highest BCUT2D eigenvalue weighted by molar-refractivity contribution is 5.82. The fraction of sp³-hybridized carbons (Fsp3) is 0.933. The van der Waals surface area contributed by atoms with Crippen LogP contribution in [0, 0.1) is 17.8 Å². The fourth-order valence-electron chi connectivity index (χ4n) is 4.42. The maximum absolute atomic E-state index is 12.1. The summed E-state index contributed by atoms with van der Waals surface area (Å²) in [5.41, 5.74) is 0. The summed E-state index contributed by atoms with van der Waals surface area (Å²) in [5.74, 6) is 3.02. The van der Waals surface area contributed by atoms with Crippen LogP contribution in [0.4, 0.5) is 0 Å². The summed E-state index contributed by atoms with van der Waals surface area (Å²) in [6, 6.07) is 0.0489. The molecule has 0 spiro atoms. The SMILES string of the molecule is CCNC(=O)C1CNCCN1CC1CC2CCC1C2. The smallest absolute Gasteiger partial charge is 0.238 e. The molecule has 1 amide bonds. The number of hydrogen-bond donors (Lipinski definition) is 2. The molecule has 2 bridgehead atoms. The van der Waals surface area contributed by atoms with Gasteiger partial charge in [0.1, 0.15) is 6.04 Å². The molecule has 0 aromatic carbocycles. The maximum atomic E-state index is 12.1. The summed E-state index contributed by atoms with van der Waals surface area (Å²) in [6.07, 6.45) is 5.77. The Kier molecular flexibility index (Phi) is 4.08. The zero-order valence-electron chi connectivity index (χ0n) is 12.0. The summed E-state index contributed by atoms with van der Waals surface area (Å²) in [4.78, 5) is 14.6. The first kappa shape index (κ1) is 13.4. The third kappa shape index (κ3) is 2.79. The number of nitrogens with zero attached hydrogens (tertiary/aromatic N) is 1. The number of hydrogen-bond acceptors (Lipinski definition) is 3. The summed E-state index contributed by atoms with van der Waals surface area (Å²) in [6.45, 7) is 6.73. The standard InChI is InChI=1S/C15H27N3O/c1-2-17-15(19)14-9-16-5-6-18(14)10-13-8-11-3-4-12(13)7-11/h11-14,16H,2-10H2,1H3,(H,17,19). The van der Waals surface area contributed by atoms with E-state index in [1.165, 1.54) is 25.7 Å². The van der Waals surface area contributed by atoms with Gasteiger partial charge in [0.15, 0.2) is 0 Å².